The van der Waals surface area contributed by atoms with Crippen molar-refractivity contribution in [2.24, 2.45) is 17.6 Å². The number of rotatable bonds is 16. The number of methoxy groups -OCH3 is 1. The van der Waals surface area contributed by atoms with Crippen molar-refractivity contribution in [2.75, 3.05) is 33.4 Å². The first-order chi connectivity index (χ1) is 14.9. The number of hydrogen-bond acceptors (Lipinski definition) is 6. The monoisotopic (exact) mass is 435 g/mol. The van der Waals surface area contributed by atoms with Gasteiger partial charge in [-0.2, -0.15) is 0 Å². The first-order valence-corrected chi connectivity index (χ1v) is 11.6. The third-order valence-electron chi connectivity index (χ3n) is 5.86. The van der Waals surface area contributed by atoms with Crippen LogP contribution in [0, 0.1) is 11.8 Å². The predicted octanol–water partition coefficient (Wildman–Crippen LogP) is 2.32. The van der Waals surface area contributed by atoms with Crippen LogP contribution in [0.4, 0.5) is 0 Å². The van der Waals surface area contributed by atoms with Gasteiger partial charge in [-0.25, -0.2) is 0 Å². The van der Waals surface area contributed by atoms with E-state index < -0.39 is 6.10 Å². The van der Waals surface area contributed by atoms with Crippen LogP contribution in [0.2, 0.25) is 0 Å². The molecule has 0 spiro atoms. The normalized spacial score (nSPS) is 16.7. The van der Waals surface area contributed by atoms with Crippen LogP contribution in [0.25, 0.3) is 0 Å². The molecule has 1 saturated carbocycles. The molecule has 1 aromatic carbocycles. The van der Waals surface area contributed by atoms with Gasteiger partial charge in [0.25, 0.3) is 5.91 Å². The molecule has 1 amide bonds. The molecule has 0 aliphatic heterocycles. The fourth-order valence-electron chi connectivity index (χ4n) is 3.45. The number of aliphatic hydroxyl groups is 1. The summed E-state index contributed by atoms with van der Waals surface area (Å²) in [5, 5.41) is 16.7. The number of carbonyl (C=O) groups is 1. The van der Waals surface area contributed by atoms with Gasteiger partial charge in [0.1, 0.15) is 5.75 Å². The quantitative estimate of drug-likeness (QED) is 0.297. The summed E-state index contributed by atoms with van der Waals surface area (Å²) in [6.07, 6.45) is 4.23. The molecule has 5 N–H and O–H groups in total. The average Bonchev–Trinajstić information content (AvgIpc) is 3.59. The minimum atomic E-state index is -0.579. The topological polar surface area (TPSA) is 106 Å². The highest BCUT2D eigenvalue weighted by atomic mass is 16.5. The minimum absolute atomic E-state index is 0.150. The van der Waals surface area contributed by atoms with Gasteiger partial charge in [0.05, 0.1) is 18.3 Å². The number of nitrogens with two attached hydrogens (primary N) is 1. The van der Waals surface area contributed by atoms with Crippen molar-refractivity contribution >= 4 is 5.91 Å². The van der Waals surface area contributed by atoms with Crippen LogP contribution in [0.5, 0.6) is 5.75 Å². The van der Waals surface area contributed by atoms with Gasteiger partial charge in [0.15, 0.2) is 0 Å². The SMILES string of the molecule is COCCCCOc1ccccc1C(=O)NCC(CC(N)C(O)CNC1CC1)C(C)C. The van der Waals surface area contributed by atoms with Crippen LogP contribution in [0.3, 0.4) is 0 Å². The van der Waals surface area contributed by atoms with E-state index in [0.717, 1.165) is 12.8 Å². The number of ether oxygens (including phenoxy) is 2. The van der Waals surface area contributed by atoms with Crippen LogP contribution < -0.4 is 21.1 Å². The van der Waals surface area contributed by atoms with Gasteiger partial charge in [-0.05, 0) is 56.1 Å². The lowest BCUT2D eigenvalue weighted by molar-refractivity contribution is 0.0927. The molecule has 0 aromatic heterocycles. The number of para-hydroxylation sites is 1. The van der Waals surface area contributed by atoms with Crippen LogP contribution in [-0.2, 0) is 4.74 Å². The highest BCUT2D eigenvalue weighted by Crippen LogP contribution is 2.21. The summed E-state index contributed by atoms with van der Waals surface area (Å²) in [5.41, 5.74) is 6.80. The Morgan fingerprint density at radius 1 is 1.19 bits per heavy atom. The molecule has 1 aliphatic carbocycles. The van der Waals surface area contributed by atoms with Crippen molar-refractivity contribution in [2.45, 2.75) is 64.1 Å². The molecule has 7 heteroatoms. The van der Waals surface area contributed by atoms with Crippen LogP contribution >= 0.6 is 0 Å². The van der Waals surface area contributed by atoms with Crippen LogP contribution in [0.15, 0.2) is 24.3 Å². The number of unbranched alkanes of at least 4 members (excludes halogenated alkanes) is 1. The molecule has 3 atom stereocenters. The minimum Gasteiger partial charge on any atom is -0.493 e. The summed E-state index contributed by atoms with van der Waals surface area (Å²) in [7, 11) is 1.68. The van der Waals surface area contributed by atoms with Gasteiger partial charge in [-0.1, -0.05) is 26.0 Å². The molecule has 7 nitrogen and oxygen atoms in total. The number of hydrogen-bond donors (Lipinski definition) is 4. The highest BCUT2D eigenvalue weighted by Gasteiger charge is 2.26. The summed E-state index contributed by atoms with van der Waals surface area (Å²) in [6, 6.07) is 7.54. The fourth-order valence-corrected chi connectivity index (χ4v) is 3.45. The predicted molar refractivity (Wildman–Crippen MR) is 123 cm³/mol. The van der Waals surface area contributed by atoms with E-state index in [-0.39, 0.29) is 17.9 Å². The lowest BCUT2D eigenvalue weighted by Crippen LogP contribution is -2.45. The molecule has 1 aromatic rings. The molecular weight excluding hydrogens is 394 g/mol. The number of benzene rings is 1. The van der Waals surface area contributed by atoms with E-state index in [9.17, 15) is 9.90 Å². The molecule has 3 unspecified atom stereocenters. The molecule has 1 fully saturated rings. The smallest absolute Gasteiger partial charge is 0.255 e. The van der Waals surface area contributed by atoms with Gasteiger partial charge in [-0.15, -0.1) is 0 Å². The van der Waals surface area contributed by atoms with Crippen molar-refractivity contribution in [1.82, 2.24) is 10.6 Å². The van der Waals surface area contributed by atoms with Crippen molar-refractivity contribution in [3.05, 3.63) is 29.8 Å². The van der Waals surface area contributed by atoms with E-state index >= 15 is 0 Å². The highest BCUT2D eigenvalue weighted by molar-refractivity contribution is 5.96. The summed E-state index contributed by atoms with van der Waals surface area (Å²) in [6.45, 7) is 6.53. The van der Waals surface area contributed by atoms with Crippen molar-refractivity contribution in [3.63, 3.8) is 0 Å². The van der Waals surface area contributed by atoms with E-state index in [0.29, 0.717) is 56.0 Å². The zero-order valence-electron chi connectivity index (χ0n) is 19.3. The summed E-state index contributed by atoms with van der Waals surface area (Å²) in [4.78, 5) is 12.8. The van der Waals surface area contributed by atoms with Crippen LogP contribution in [0.1, 0.15) is 56.3 Å². The average molecular weight is 436 g/mol. The second-order valence-electron chi connectivity index (χ2n) is 8.91. The Morgan fingerprint density at radius 3 is 2.58 bits per heavy atom. The van der Waals surface area contributed by atoms with Gasteiger partial charge in [0, 0.05) is 38.9 Å². The van der Waals surface area contributed by atoms with Gasteiger partial charge in [-0.3, -0.25) is 4.79 Å². The van der Waals surface area contributed by atoms with Gasteiger partial charge in [0.2, 0.25) is 0 Å². The zero-order chi connectivity index (χ0) is 22.6. The Morgan fingerprint density at radius 2 is 1.90 bits per heavy atom. The molecule has 0 heterocycles. The van der Waals surface area contributed by atoms with E-state index in [1.54, 1.807) is 13.2 Å². The Labute approximate surface area is 187 Å². The van der Waals surface area contributed by atoms with E-state index in [4.69, 9.17) is 15.2 Å². The lowest BCUT2D eigenvalue weighted by Gasteiger charge is -2.27. The number of carbonyl (C=O) groups excluding carboxylic acids is 1. The molecule has 0 bridgehead atoms. The molecule has 1 aliphatic rings. The Hall–Kier alpha value is -1.67. The maximum atomic E-state index is 12.8. The van der Waals surface area contributed by atoms with E-state index in [1.165, 1.54) is 12.8 Å². The van der Waals surface area contributed by atoms with Crippen LogP contribution in [-0.4, -0.2) is 62.6 Å². The van der Waals surface area contributed by atoms with Gasteiger partial charge >= 0.3 is 0 Å². The second kappa shape index (κ2) is 13.7. The van der Waals surface area contributed by atoms with Gasteiger partial charge < -0.3 is 30.9 Å². The number of nitrogens with one attached hydrogen (secondary N) is 2. The molecule has 176 valence electrons. The number of amides is 1. The van der Waals surface area contributed by atoms with Crippen molar-refractivity contribution < 1.29 is 19.4 Å². The third-order valence-corrected chi connectivity index (χ3v) is 5.86. The first-order valence-electron chi connectivity index (χ1n) is 11.6. The standard InChI is InChI=1S/C24H41N3O4/c1-17(2)18(14-21(25)22(28)16-26-19-10-11-19)15-27-24(29)20-8-4-5-9-23(20)31-13-7-6-12-30-3/h4-5,8-9,17-19,21-22,26,28H,6-7,10-16,25H2,1-3H3,(H,27,29). The zero-order valence-corrected chi connectivity index (χ0v) is 19.3. The summed E-state index contributed by atoms with van der Waals surface area (Å²) in [5.74, 6) is 0.957. The van der Waals surface area contributed by atoms with Crippen molar-refractivity contribution in [3.8, 4) is 5.75 Å². The van der Waals surface area contributed by atoms with Crippen molar-refractivity contribution in [1.29, 1.82) is 0 Å². The lowest BCUT2D eigenvalue weighted by atomic mass is 9.87. The fraction of sp³-hybridized carbons (Fsp3) is 0.708. The molecule has 2 rings (SSSR count). The molecule has 0 saturated heterocycles. The summed E-state index contributed by atoms with van der Waals surface area (Å²) < 4.78 is 10.9. The largest absolute Gasteiger partial charge is 0.493 e. The van der Waals surface area contributed by atoms with E-state index in [2.05, 4.69) is 24.5 Å². The first kappa shape index (κ1) is 25.6. The Bertz CT molecular complexity index is 651. The molecule has 0 radical (unpaired) electrons. The maximum absolute atomic E-state index is 12.8. The Balaban J connectivity index is 1.83. The van der Waals surface area contributed by atoms with E-state index in [1.807, 2.05) is 18.2 Å². The second-order valence-corrected chi connectivity index (χ2v) is 8.91. The molecular formula is C24H41N3O4. The number of aliphatic hydroxyl groups excluding tert-OH is 1. The third kappa shape index (κ3) is 9.56. The maximum Gasteiger partial charge on any atom is 0.255 e. The Kier molecular flexibility index (Phi) is 11.3. The summed E-state index contributed by atoms with van der Waals surface area (Å²) >= 11 is 0. The molecule has 31 heavy (non-hydrogen) atoms.